The highest BCUT2D eigenvalue weighted by molar-refractivity contribution is 6.16. The smallest absolute Gasteiger partial charge is 0.214 e. The number of alkyl halides is 1. The van der Waals surface area contributed by atoms with Gasteiger partial charge in [-0.1, -0.05) is 19.1 Å². The molecule has 4 nitrogen and oxygen atoms in total. The van der Waals surface area contributed by atoms with Crippen LogP contribution in [0, 0.1) is 6.92 Å². The van der Waals surface area contributed by atoms with Gasteiger partial charge in [-0.3, -0.25) is 0 Å². The van der Waals surface area contributed by atoms with Crippen molar-refractivity contribution in [3.05, 3.63) is 47.4 Å². The molecule has 0 aliphatic heterocycles. The summed E-state index contributed by atoms with van der Waals surface area (Å²) in [6.45, 7) is 4.68. The third-order valence-corrected chi connectivity index (χ3v) is 3.65. The first kappa shape index (κ1) is 13.2. The molecular formula is C15H16ClN3O. The largest absolute Gasteiger partial charge is 0.444 e. The number of aryl methyl sites for hydroxylation is 2. The summed E-state index contributed by atoms with van der Waals surface area (Å²) < 4.78 is 7.78. The molecule has 0 saturated heterocycles. The molecular weight excluding hydrogens is 274 g/mol. The lowest BCUT2D eigenvalue weighted by Gasteiger charge is -2.06. The maximum absolute atomic E-state index is 6.02. The van der Waals surface area contributed by atoms with Crippen LogP contribution in [0.4, 0.5) is 0 Å². The minimum Gasteiger partial charge on any atom is -0.444 e. The van der Waals surface area contributed by atoms with Gasteiger partial charge < -0.3 is 8.98 Å². The molecule has 1 aromatic carbocycles. The fourth-order valence-electron chi connectivity index (χ4n) is 2.41. The Kier molecular flexibility index (Phi) is 3.49. The van der Waals surface area contributed by atoms with Crippen LogP contribution in [0.5, 0.6) is 0 Å². The van der Waals surface area contributed by atoms with Gasteiger partial charge in [-0.05, 0) is 18.6 Å². The van der Waals surface area contributed by atoms with E-state index in [9.17, 15) is 0 Å². The number of halogens is 1. The van der Waals surface area contributed by atoms with Gasteiger partial charge in [0.15, 0.2) is 0 Å². The normalized spacial score (nSPS) is 11.3. The number of para-hydroxylation sites is 1. The van der Waals surface area contributed by atoms with Gasteiger partial charge in [-0.15, -0.1) is 11.6 Å². The van der Waals surface area contributed by atoms with Crippen LogP contribution in [-0.2, 0) is 18.8 Å². The molecule has 0 amide bonds. The molecule has 0 fully saturated rings. The van der Waals surface area contributed by atoms with Crippen LogP contribution in [-0.4, -0.2) is 14.5 Å². The van der Waals surface area contributed by atoms with Gasteiger partial charge in [0, 0.05) is 6.42 Å². The van der Waals surface area contributed by atoms with E-state index in [0.29, 0.717) is 18.3 Å². The van der Waals surface area contributed by atoms with Crippen molar-refractivity contribution in [1.82, 2.24) is 14.5 Å². The van der Waals surface area contributed by atoms with Crippen LogP contribution in [0.15, 0.2) is 28.8 Å². The zero-order valence-electron chi connectivity index (χ0n) is 11.6. The summed E-state index contributed by atoms with van der Waals surface area (Å²) in [6, 6.07) is 6.08. The van der Waals surface area contributed by atoms with Crippen LogP contribution < -0.4 is 0 Å². The number of rotatable bonds is 4. The molecule has 2 heterocycles. The molecule has 0 atom stereocenters. The average molecular weight is 290 g/mol. The lowest BCUT2D eigenvalue weighted by Crippen LogP contribution is -2.04. The number of fused-ring (bicyclic) bond motifs is 1. The molecule has 2 aromatic heterocycles. The minimum absolute atomic E-state index is 0.370. The summed E-state index contributed by atoms with van der Waals surface area (Å²) in [5.41, 5.74) is 3.23. The molecule has 0 radical (unpaired) electrons. The van der Waals surface area contributed by atoms with E-state index in [1.807, 2.05) is 19.1 Å². The predicted molar refractivity (Wildman–Crippen MR) is 79.0 cm³/mol. The Morgan fingerprint density at radius 1 is 1.35 bits per heavy atom. The zero-order valence-corrected chi connectivity index (χ0v) is 12.3. The molecule has 104 valence electrons. The third-order valence-electron chi connectivity index (χ3n) is 3.41. The molecule has 0 aliphatic carbocycles. The Bertz CT molecular complexity index is 745. The summed E-state index contributed by atoms with van der Waals surface area (Å²) in [7, 11) is 0. The minimum atomic E-state index is 0.370. The molecule has 0 unspecified atom stereocenters. The van der Waals surface area contributed by atoms with Gasteiger partial charge in [-0.2, -0.15) is 0 Å². The predicted octanol–water partition coefficient (Wildman–Crippen LogP) is 3.68. The molecule has 0 spiro atoms. The van der Waals surface area contributed by atoms with Crippen molar-refractivity contribution < 1.29 is 4.42 Å². The average Bonchev–Trinajstić information content (AvgIpc) is 3.04. The Hall–Kier alpha value is -1.81. The molecule has 3 rings (SSSR count). The fourth-order valence-corrected chi connectivity index (χ4v) is 2.61. The first-order valence-electron chi connectivity index (χ1n) is 6.67. The van der Waals surface area contributed by atoms with E-state index >= 15 is 0 Å². The second-order valence-electron chi connectivity index (χ2n) is 4.76. The standard InChI is InChI=1S/C15H16ClN3O/c1-3-11-8-17-14(20-11)9-19-13(7-16)18-12-6-4-5-10(2)15(12)19/h4-6,8H,3,7,9H2,1-2H3. The van der Waals surface area contributed by atoms with Crippen molar-refractivity contribution in [2.24, 2.45) is 0 Å². The van der Waals surface area contributed by atoms with E-state index in [0.717, 1.165) is 29.0 Å². The van der Waals surface area contributed by atoms with Crippen molar-refractivity contribution in [3.63, 3.8) is 0 Å². The van der Waals surface area contributed by atoms with Crippen molar-refractivity contribution in [1.29, 1.82) is 0 Å². The quantitative estimate of drug-likeness (QED) is 0.688. The van der Waals surface area contributed by atoms with Crippen LogP contribution >= 0.6 is 11.6 Å². The number of hydrogen-bond donors (Lipinski definition) is 0. The number of imidazole rings is 1. The van der Waals surface area contributed by atoms with E-state index in [1.54, 1.807) is 6.20 Å². The molecule has 3 aromatic rings. The van der Waals surface area contributed by atoms with Gasteiger partial charge in [0.25, 0.3) is 0 Å². The van der Waals surface area contributed by atoms with Crippen molar-refractivity contribution >= 4 is 22.6 Å². The van der Waals surface area contributed by atoms with Gasteiger partial charge in [0.1, 0.15) is 18.1 Å². The topological polar surface area (TPSA) is 43.9 Å². The Balaban J connectivity index is 2.09. The van der Waals surface area contributed by atoms with Crippen LogP contribution in [0.1, 0.15) is 30.0 Å². The van der Waals surface area contributed by atoms with Gasteiger partial charge in [-0.25, -0.2) is 9.97 Å². The number of aromatic nitrogens is 3. The fraction of sp³-hybridized carbons (Fsp3) is 0.333. The van der Waals surface area contributed by atoms with E-state index in [1.165, 1.54) is 5.56 Å². The lowest BCUT2D eigenvalue weighted by atomic mass is 10.2. The van der Waals surface area contributed by atoms with Crippen LogP contribution in [0.2, 0.25) is 0 Å². The number of oxazole rings is 1. The Morgan fingerprint density at radius 3 is 2.90 bits per heavy atom. The molecule has 0 bridgehead atoms. The molecule has 20 heavy (non-hydrogen) atoms. The third kappa shape index (κ3) is 2.20. The zero-order chi connectivity index (χ0) is 14.1. The van der Waals surface area contributed by atoms with E-state index < -0.39 is 0 Å². The number of hydrogen-bond acceptors (Lipinski definition) is 3. The van der Waals surface area contributed by atoms with E-state index in [-0.39, 0.29) is 0 Å². The number of benzene rings is 1. The Morgan fingerprint density at radius 2 is 2.20 bits per heavy atom. The summed E-state index contributed by atoms with van der Waals surface area (Å²) >= 11 is 6.02. The van der Waals surface area contributed by atoms with Crippen molar-refractivity contribution in [3.8, 4) is 0 Å². The highest BCUT2D eigenvalue weighted by Gasteiger charge is 2.14. The number of nitrogens with zero attached hydrogens (tertiary/aromatic N) is 3. The Labute approximate surface area is 122 Å². The highest BCUT2D eigenvalue weighted by Crippen LogP contribution is 2.22. The summed E-state index contributed by atoms with van der Waals surface area (Å²) in [5.74, 6) is 2.80. The monoisotopic (exact) mass is 289 g/mol. The van der Waals surface area contributed by atoms with Gasteiger partial charge >= 0.3 is 0 Å². The molecule has 5 heteroatoms. The van der Waals surface area contributed by atoms with Crippen LogP contribution in [0.25, 0.3) is 11.0 Å². The second kappa shape index (κ2) is 5.29. The maximum Gasteiger partial charge on any atom is 0.214 e. The molecule has 0 saturated carbocycles. The molecule has 0 N–H and O–H groups in total. The molecule has 0 aliphatic rings. The SMILES string of the molecule is CCc1cnc(Cn2c(CCl)nc3cccc(C)c32)o1. The maximum atomic E-state index is 6.02. The van der Waals surface area contributed by atoms with Gasteiger partial charge in [0.2, 0.25) is 5.89 Å². The van der Waals surface area contributed by atoms with E-state index in [2.05, 4.69) is 27.5 Å². The first-order valence-corrected chi connectivity index (χ1v) is 7.20. The first-order chi connectivity index (χ1) is 9.72. The van der Waals surface area contributed by atoms with Gasteiger partial charge in [0.05, 0.1) is 23.1 Å². The summed E-state index contributed by atoms with van der Waals surface area (Å²) in [6.07, 6.45) is 2.63. The van der Waals surface area contributed by atoms with Crippen molar-refractivity contribution in [2.45, 2.75) is 32.7 Å². The second-order valence-corrected chi connectivity index (χ2v) is 5.03. The summed E-state index contributed by atoms with van der Waals surface area (Å²) in [4.78, 5) is 8.89. The van der Waals surface area contributed by atoms with E-state index in [4.69, 9.17) is 16.0 Å². The lowest BCUT2D eigenvalue weighted by molar-refractivity contribution is 0.446. The summed E-state index contributed by atoms with van der Waals surface area (Å²) in [5, 5.41) is 0. The highest BCUT2D eigenvalue weighted by atomic mass is 35.5. The van der Waals surface area contributed by atoms with Crippen LogP contribution in [0.3, 0.4) is 0 Å². The van der Waals surface area contributed by atoms with Crippen molar-refractivity contribution in [2.75, 3.05) is 0 Å².